The molecular weight excluding hydrogens is 544 g/mol. The molecule has 1 aliphatic carbocycles. The van der Waals surface area contributed by atoms with Crippen molar-refractivity contribution in [3.8, 4) is 0 Å². The Hall–Kier alpha value is -3.69. The van der Waals surface area contributed by atoms with Crippen LogP contribution in [-0.2, 0) is 25.5 Å². The highest BCUT2D eigenvalue weighted by molar-refractivity contribution is 5.86. The molecule has 2 amide bonds. The molecule has 0 spiro atoms. The minimum atomic E-state index is -0.350. The fraction of sp³-hybridized carbons (Fsp3) is 0.500. The highest BCUT2D eigenvalue weighted by atomic mass is 16.5. The molecule has 0 saturated heterocycles. The molecule has 0 radical (unpaired) electrons. The monoisotopic (exact) mass is 590 g/mol. The van der Waals surface area contributed by atoms with Crippen molar-refractivity contribution in [1.29, 1.82) is 0 Å². The molecule has 9 nitrogen and oxygen atoms in total. The molecule has 3 aromatic rings. The molecule has 1 aliphatic heterocycles. The van der Waals surface area contributed by atoms with Gasteiger partial charge in [-0.05, 0) is 76.1 Å². The lowest BCUT2D eigenvalue weighted by Gasteiger charge is -2.33. The van der Waals surface area contributed by atoms with Crippen LogP contribution in [0.3, 0.4) is 0 Å². The zero-order valence-electron chi connectivity index (χ0n) is 25.4. The van der Waals surface area contributed by atoms with E-state index < -0.39 is 0 Å². The Labute approximate surface area is 254 Å². The molecule has 9 heteroatoms. The molecule has 2 heterocycles. The van der Waals surface area contributed by atoms with E-state index in [1.165, 1.54) is 29.5 Å². The third kappa shape index (κ3) is 8.67. The molecule has 1 unspecified atom stereocenters. The minimum Gasteiger partial charge on any atom is -0.461 e. The number of hydrogen-bond donors (Lipinski definition) is 4. The van der Waals surface area contributed by atoms with Crippen LogP contribution in [0.15, 0.2) is 54.6 Å². The van der Waals surface area contributed by atoms with Crippen molar-refractivity contribution in [3.63, 3.8) is 0 Å². The Morgan fingerprint density at radius 2 is 1.65 bits per heavy atom. The van der Waals surface area contributed by atoms with Crippen LogP contribution >= 0.6 is 0 Å². The zero-order chi connectivity index (χ0) is 30.6. The summed E-state index contributed by atoms with van der Waals surface area (Å²) >= 11 is 0. The molecule has 1 saturated carbocycles. The number of H-pyrrole nitrogens is 1. The Bertz CT molecular complexity index is 1340. The molecule has 2 aliphatic rings. The number of amides is 2. The molecule has 232 valence electrons. The van der Waals surface area contributed by atoms with Crippen molar-refractivity contribution in [2.24, 2.45) is 0 Å². The van der Waals surface area contributed by atoms with Gasteiger partial charge in [-0.1, -0.05) is 61.4 Å². The molecule has 0 bridgehead atoms. The predicted octanol–water partition coefficient (Wildman–Crippen LogP) is 5.89. The van der Waals surface area contributed by atoms with Crippen molar-refractivity contribution in [1.82, 2.24) is 20.7 Å². The highest BCUT2D eigenvalue weighted by Gasteiger charge is 2.30. The second-order valence-electron chi connectivity index (χ2n) is 11.5. The second-order valence-corrected chi connectivity index (χ2v) is 11.5. The molecule has 5 rings (SSSR count). The van der Waals surface area contributed by atoms with Crippen LogP contribution in [0.25, 0.3) is 10.9 Å². The second kappa shape index (κ2) is 16.2. The lowest BCUT2D eigenvalue weighted by molar-refractivity contribution is -0.151. The maximum atomic E-state index is 12.6. The van der Waals surface area contributed by atoms with E-state index in [9.17, 15) is 14.4 Å². The number of ether oxygens (including phenoxy) is 1. The van der Waals surface area contributed by atoms with Gasteiger partial charge in [0.15, 0.2) is 0 Å². The SMILES string of the molecule is CC1c2[nH]c3ccccc3c2CCN1C(=O)CCCCCCC(=O)NO.CN[C@H](C(=O)OC1CCCC1)c1ccccc1. The molecule has 2 aromatic carbocycles. The summed E-state index contributed by atoms with van der Waals surface area (Å²) in [5.41, 5.74) is 6.25. The van der Waals surface area contributed by atoms with E-state index in [2.05, 4.69) is 35.4 Å². The number of para-hydroxylation sites is 1. The van der Waals surface area contributed by atoms with Gasteiger partial charge in [0.1, 0.15) is 12.1 Å². The van der Waals surface area contributed by atoms with Crippen LogP contribution in [-0.4, -0.2) is 52.6 Å². The van der Waals surface area contributed by atoms with E-state index in [0.29, 0.717) is 12.8 Å². The molecule has 1 aromatic heterocycles. The summed E-state index contributed by atoms with van der Waals surface area (Å²) in [6, 6.07) is 17.7. The first-order valence-corrected chi connectivity index (χ1v) is 15.7. The number of nitrogens with zero attached hydrogens (tertiary/aromatic N) is 1. The fourth-order valence-corrected chi connectivity index (χ4v) is 6.19. The molecule has 43 heavy (non-hydrogen) atoms. The van der Waals surface area contributed by atoms with Crippen molar-refractivity contribution in [3.05, 3.63) is 71.4 Å². The summed E-state index contributed by atoms with van der Waals surface area (Å²) in [7, 11) is 1.79. The van der Waals surface area contributed by atoms with Gasteiger partial charge in [-0.3, -0.25) is 14.8 Å². The number of likely N-dealkylation sites (N-methyl/N-ethyl adjacent to an activating group) is 1. The molecular formula is C34H46N4O5. The van der Waals surface area contributed by atoms with Crippen molar-refractivity contribution < 1.29 is 24.3 Å². The van der Waals surface area contributed by atoms with E-state index in [0.717, 1.165) is 62.6 Å². The van der Waals surface area contributed by atoms with Gasteiger partial charge in [0.25, 0.3) is 0 Å². The van der Waals surface area contributed by atoms with E-state index in [-0.39, 0.29) is 36.0 Å². The number of unbranched alkanes of at least 4 members (excludes halogenated alkanes) is 3. The summed E-state index contributed by atoms with van der Waals surface area (Å²) in [5.74, 6) is -0.308. The number of aromatic nitrogens is 1. The number of hydrogen-bond acceptors (Lipinski definition) is 6. The summed E-state index contributed by atoms with van der Waals surface area (Å²) < 4.78 is 5.52. The summed E-state index contributed by atoms with van der Waals surface area (Å²) in [6.07, 6.45) is 9.65. The first kappa shape index (κ1) is 32.2. The third-order valence-corrected chi connectivity index (χ3v) is 8.57. The van der Waals surface area contributed by atoms with Crippen molar-refractivity contribution in [2.75, 3.05) is 13.6 Å². The molecule has 4 N–H and O–H groups in total. The van der Waals surface area contributed by atoms with Gasteiger partial charge in [-0.15, -0.1) is 0 Å². The largest absolute Gasteiger partial charge is 0.461 e. The lowest BCUT2D eigenvalue weighted by Crippen LogP contribution is -2.38. The van der Waals surface area contributed by atoms with Gasteiger partial charge in [0, 0.05) is 36.0 Å². The van der Waals surface area contributed by atoms with Crippen LogP contribution < -0.4 is 10.8 Å². The van der Waals surface area contributed by atoms with Gasteiger partial charge in [-0.25, -0.2) is 10.3 Å². The van der Waals surface area contributed by atoms with E-state index >= 15 is 0 Å². The van der Waals surface area contributed by atoms with Crippen LogP contribution in [0.4, 0.5) is 0 Å². The molecule has 2 atom stereocenters. The number of rotatable bonds is 11. The summed E-state index contributed by atoms with van der Waals surface area (Å²) in [5, 5.41) is 12.7. The van der Waals surface area contributed by atoms with Gasteiger partial charge in [-0.2, -0.15) is 0 Å². The zero-order valence-corrected chi connectivity index (χ0v) is 25.4. The predicted molar refractivity (Wildman–Crippen MR) is 166 cm³/mol. The summed E-state index contributed by atoms with van der Waals surface area (Å²) in [4.78, 5) is 41.1. The van der Waals surface area contributed by atoms with Crippen LogP contribution in [0.2, 0.25) is 0 Å². The van der Waals surface area contributed by atoms with Crippen molar-refractivity contribution in [2.45, 2.75) is 95.7 Å². The smallest absolute Gasteiger partial charge is 0.328 e. The average molecular weight is 591 g/mol. The quantitative estimate of drug-likeness (QED) is 0.0955. The topological polar surface area (TPSA) is 124 Å². The Balaban J connectivity index is 0.000000215. The number of fused-ring (bicyclic) bond motifs is 3. The van der Waals surface area contributed by atoms with Gasteiger partial charge in [0.05, 0.1) is 6.04 Å². The highest BCUT2D eigenvalue weighted by Crippen LogP contribution is 2.34. The number of carbonyl (C=O) groups excluding carboxylic acids is 3. The minimum absolute atomic E-state index is 0.0758. The first-order valence-electron chi connectivity index (χ1n) is 15.7. The van der Waals surface area contributed by atoms with Gasteiger partial charge < -0.3 is 19.9 Å². The first-order chi connectivity index (χ1) is 20.9. The van der Waals surface area contributed by atoms with Crippen LogP contribution in [0, 0.1) is 0 Å². The number of nitrogens with one attached hydrogen (secondary N) is 3. The Morgan fingerprint density at radius 1 is 0.977 bits per heavy atom. The van der Waals surface area contributed by atoms with E-state index in [1.807, 2.05) is 41.3 Å². The van der Waals surface area contributed by atoms with Gasteiger partial charge in [0.2, 0.25) is 11.8 Å². The van der Waals surface area contributed by atoms with Crippen LogP contribution in [0.1, 0.15) is 100 Å². The number of carbonyl (C=O) groups is 3. The normalized spacial score (nSPS) is 17.1. The number of hydroxylamine groups is 1. The summed E-state index contributed by atoms with van der Waals surface area (Å²) in [6.45, 7) is 2.87. The maximum Gasteiger partial charge on any atom is 0.328 e. The number of benzene rings is 2. The van der Waals surface area contributed by atoms with Crippen LogP contribution in [0.5, 0.6) is 0 Å². The average Bonchev–Trinajstić information content (AvgIpc) is 3.68. The molecule has 1 fully saturated rings. The van der Waals surface area contributed by atoms with E-state index in [4.69, 9.17) is 9.94 Å². The Morgan fingerprint density at radius 3 is 2.35 bits per heavy atom. The third-order valence-electron chi connectivity index (χ3n) is 8.57. The fourth-order valence-electron chi connectivity index (χ4n) is 6.19. The van der Waals surface area contributed by atoms with Gasteiger partial charge >= 0.3 is 5.97 Å². The maximum absolute atomic E-state index is 12.6. The lowest BCUT2D eigenvalue weighted by atomic mass is 9.97. The van der Waals surface area contributed by atoms with Crippen molar-refractivity contribution >= 4 is 28.7 Å². The Kier molecular flexibility index (Phi) is 12.2. The number of aromatic amines is 1. The van der Waals surface area contributed by atoms with E-state index in [1.54, 1.807) is 12.5 Å². The standard InChI is InChI=1S/C20H27N3O3.C14H19NO2/c1-14-20-16(15-8-6-7-9-17(15)21-20)12-13-23(14)19(25)11-5-3-2-4-10-18(24)22-26;1-15-13(11-7-3-2-4-8-11)14(16)17-12-9-5-6-10-12/h6-9,14,21,26H,2-5,10-13H2,1H3,(H,22,24);2-4,7-8,12-13,15H,5-6,9-10H2,1H3/t;13-/m.0/s1. The number of esters is 1.